The van der Waals surface area contributed by atoms with Crippen molar-refractivity contribution in [2.24, 2.45) is 0 Å². The van der Waals surface area contributed by atoms with E-state index in [1.54, 1.807) is 24.3 Å². The van der Waals surface area contributed by atoms with Crippen LogP contribution in [0.15, 0.2) is 60.7 Å². The summed E-state index contributed by atoms with van der Waals surface area (Å²) in [5.41, 5.74) is 0.0677. The summed E-state index contributed by atoms with van der Waals surface area (Å²) in [5.74, 6) is -0.614. The Kier molecular flexibility index (Phi) is 4.53. The number of benzene rings is 2. The van der Waals surface area contributed by atoms with Gasteiger partial charge in [-0.3, -0.25) is 9.69 Å². The van der Waals surface area contributed by atoms with Crippen LogP contribution in [0.4, 0.5) is 13.2 Å². The standard InChI is InChI=1S/C19H16F3NO/c20-19(21,22)17-6-2-1-5-16(17)18(24)15-9-7-14(8-10-15)13-23-11-3-4-12-23/h1-10H,11-13H2. The number of ketones is 1. The SMILES string of the molecule is O=C(c1ccc(CN2CC=CC2)cc1)c1ccccc1C(F)(F)F. The van der Waals surface area contributed by atoms with E-state index in [-0.39, 0.29) is 11.1 Å². The second-order valence-corrected chi connectivity index (χ2v) is 5.73. The van der Waals surface area contributed by atoms with Gasteiger partial charge in [0, 0.05) is 30.8 Å². The molecule has 0 unspecified atom stereocenters. The first-order chi connectivity index (χ1) is 11.4. The van der Waals surface area contributed by atoms with Crippen molar-refractivity contribution in [3.05, 3.63) is 82.9 Å². The zero-order valence-electron chi connectivity index (χ0n) is 12.9. The predicted octanol–water partition coefficient (Wildman–Crippen LogP) is 4.31. The highest BCUT2D eigenvalue weighted by Gasteiger charge is 2.34. The van der Waals surface area contributed by atoms with Gasteiger partial charge in [-0.15, -0.1) is 0 Å². The monoisotopic (exact) mass is 331 g/mol. The Hall–Kier alpha value is -2.40. The first kappa shape index (κ1) is 16.5. The Bertz CT molecular complexity index is 755. The number of hydrogen-bond acceptors (Lipinski definition) is 2. The molecule has 124 valence electrons. The minimum absolute atomic E-state index is 0.259. The molecule has 2 nitrogen and oxygen atoms in total. The molecule has 0 N–H and O–H groups in total. The Morgan fingerprint density at radius 2 is 1.58 bits per heavy atom. The number of carbonyl (C=O) groups is 1. The van der Waals surface area contributed by atoms with Gasteiger partial charge in [0.25, 0.3) is 0 Å². The normalized spacial score (nSPS) is 15.0. The summed E-state index contributed by atoms with van der Waals surface area (Å²) in [6.45, 7) is 2.53. The average Bonchev–Trinajstić information content (AvgIpc) is 3.07. The number of rotatable bonds is 4. The number of alkyl halides is 3. The van der Waals surface area contributed by atoms with E-state index in [0.717, 1.165) is 31.3 Å². The van der Waals surface area contributed by atoms with Crippen LogP contribution in [0.5, 0.6) is 0 Å². The third-order valence-electron chi connectivity index (χ3n) is 3.99. The van der Waals surface area contributed by atoms with Gasteiger partial charge in [0.05, 0.1) is 5.56 Å². The molecule has 1 aliphatic heterocycles. The molecule has 1 aliphatic rings. The molecule has 0 amide bonds. The molecule has 5 heteroatoms. The number of hydrogen-bond donors (Lipinski definition) is 0. The lowest BCUT2D eigenvalue weighted by molar-refractivity contribution is -0.137. The van der Waals surface area contributed by atoms with E-state index in [1.807, 2.05) is 0 Å². The van der Waals surface area contributed by atoms with E-state index in [2.05, 4.69) is 17.1 Å². The van der Waals surface area contributed by atoms with Gasteiger partial charge >= 0.3 is 6.18 Å². The molecule has 24 heavy (non-hydrogen) atoms. The number of halogens is 3. The number of carbonyl (C=O) groups excluding carboxylic acids is 1. The smallest absolute Gasteiger partial charge is 0.292 e. The van der Waals surface area contributed by atoms with Crippen LogP contribution < -0.4 is 0 Å². The van der Waals surface area contributed by atoms with Crippen molar-refractivity contribution in [2.75, 3.05) is 13.1 Å². The van der Waals surface area contributed by atoms with Gasteiger partial charge in [-0.25, -0.2) is 0 Å². The lowest BCUT2D eigenvalue weighted by Crippen LogP contribution is -2.19. The molecule has 0 bridgehead atoms. The zero-order valence-corrected chi connectivity index (χ0v) is 12.9. The third-order valence-corrected chi connectivity index (χ3v) is 3.99. The molecular formula is C19H16F3NO. The second kappa shape index (κ2) is 6.61. The summed E-state index contributed by atoms with van der Waals surface area (Å²) in [7, 11) is 0. The molecule has 0 saturated carbocycles. The number of nitrogens with zero attached hydrogens (tertiary/aromatic N) is 1. The van der Waals surface area contributed by atoms with Gasteiger partial charge in [-0.1, -0.05) is 54.6 Å². The quantitative estimate of drug-likeness (QED) is 0.615. The van der Waals surface area contributed by atoms with Crippen LogP contribution >= 0.6 is 0 Å². The predicted molar refractivity (Wildman–Crippen MR) is 85.7 cm³/mol. The van der Waals surface area contributed by atoms with E-state index in [4.69, 9.17) is 0 Å². The summed E-state index contributed by atoms with van der Waals surface area (Å²) >= 11 is 0. The van der Waals surface area contributed by atoms with Gasteiger partial charge in [0.2, 0.25) is 0 Å². The molecule has 2 aromatic carbocycles. The molecule has 3 rings (SSSR count). The Balaban J connectivity index is 1.81. The van der Waals surface area contributed by atoms with Gasteiger partial charge in [0.15, 0.2) is 5.78 Å². The highest BCUT2D eigenvalue weighted by atomic mass is 19.4. The fourth-order valence-corrected chi connectivity index (χ4v) is 2.75. The molecular weight excluding hydrogens is 315 g/mol. The minimum Gasteiger partial charge on any atom is -0.292 e. The molecule has 0 atom stereocenters. The molecule has 0 spiro atoms. The summed E-state index contributed by atoms with van der Waals surface area (Å²) in [5, 5.41) is 0. The van der Waals surface area contributed by atoms with Crippen molar-refractivity contribution < 1.29 is 18.0 Å². The van der Waals surface area contributed by atoms with Gasteiger partial charge in [-0.05, 0) is 11.6 Å². The molecule has 0 aliphatic carbocycles. The molecule has 0 saturated heterocycles. The maximum atomic E-state index is 13.1. The van der Waals surface area contributed by atoms with Crippen LogP contribution in [0, 0.1) is 0 Å². The van der Waals surface area contributed by atoms with Crippen LogP contribution in [0.2, 0.25) is 0 Å². The van der Waals surface area contributed by atoms with Gasteiger partial charge < -0.3 is 0 Å². The van der Waals surface area contributed by atoms with Crippen LogP contribution in [0.3, 0.4) is 0 Å². The second-order valence-electron chi connectivity index (χ2n) is 5.73. The summed E-state index contributed by atoms with van der Waals surface area (Å²) in [4.78, 5) is 14.7. The Morgan fingerprint density at radius 1 is 0.958 bits per heavy atom. The molecule has 1 heterocycles. The van der Waals surface area contributed by atoms with Crippen molar-refractivity contribution in [3.63, 3.8) is 0 Å². The van der Waals surface area contributed by atoms with E-state index < -0.39 is 17.5 Å². The zero-order chi connectivity index (χ0) is 17.2. The van der Waals surface area contributed by atoms with Crippen molar-refractivity contribution in [2.45, 2.75) is 12.7 Å². The lowest BCUT2D eigenvalue weighted by Gasteiger charge is -2.15. The Morgan fingerprint density at radius 3 is 2.21 bits per heavy atom. The highest BCUT2D eigenvalue weighted by Crippen LogP contribution is 2.32. The van der Waals surface area contributed by atoms with Crippen LogP contribution in [-0.4, -0.2) is 23.8 Å². The average molecular weight is 331 g/mol. The van der Waals surface area contributed by atoms with Crippen molar-refractivity contribution in [3.8, 4) is 0 Å². The molecule has 0 fully saturated rings. The van der Waals surface area contributed by atoms with Crippen LogP contribution in [-0.2, 0) is 12.7 Å². The Labute approximate surface area is 138 Å². The topological polar surface area (TPSA) is 20.3 Å². The highest BCUT2D eigenvalue weighted by molar-refractivity contribution is 6.10. The fourth-order valence-electron chi connectivity index (χ4n) is 2.75. The van der Waals surface area contributed by atoms with E-state index in [9.17, 15) is 18.0 Å². The molecule has 2 aromatic rings. The van der Waals surface area contributed by atoms with Crippen molar-refractivity contribution >= 4 is 5.78 Å². The summed E-state index contributed by atoms with van der Waals surface area (Å²) in [6.07, 6.45) is -0.368. The maximum absolute atomic E-state index is 13.1. The first-order valence-electron chi connectivity index (χ1n) is 7.62. The van der Waals surface area contributed by atoms with Gasteiger partial charge in [0.1, 0.15) is 0 Å². The minimum atomic E-state index is -4.55. The van der Waals surface area contributed by atoms with Crippen LogP contribution in [0.1, 0.15) is 27.0 Å². The summed E-state index contributed by atoms with van der Waals surface area (Å²) in [6, 6.07) is 11.6. The molecule has 0 radical (unpaired) electrons. The largest absolute Gasteiger partial charge is 0.417 e. The summed E-state index contributed by atoms with van der Waals surface area (Å²) < 4.78 is 39.2. The van der Waals surface area contributed by atoms with E-state index >= 15 is 0 Å². The van der Waals surface area contributed by atoms with E-state index in [1.165, 1.54) is 18.2 Å². The third kappa shape index (κ3) is 3.57. The lowest BCUT2D eigenvalue weighted by atomic mass is 9.97. The van der Waals surface area contributed by atoms with E-state index in [0.29, 0.717) is 0 Å². The fraction of sp³-hybridized carbons (Fsp3) is 0.211. The van der Waals surface area contributed by atoms with Crippen molar-refractivity contribution in [1.82, 2.24) is 4.90 Å². The van der Waals surface area contributed by atoms with Crippen LogP contribution in [0.25, 0.3) is 0 Å². The first-order valence-corrected chi connectivity index (χ1v) is 7.62. The molecule has 0 aromatic heterocycles. The van der Waals surface area contributed by atoms with Crippen molar-refractivity contribution in [1.29, 1.82) is 0 Å². The van der Waals surface area contributed by atoms with Gasteiger partial charge in [-0.2, -0.15) is 13.2 Å². The maximum Gasteiger partial charge on any atom is 0.417 e.